The smallest absolute Gasteiger partial charge is 0.240 e. The van der Waals surface area contributed by atoms with E-state index in [1.54, 1.807) is 24.3 Å². The second-order valence-corrected chi connectivity index (χ2v) is 3.38. The summed E-state index contributed by atoms with van der Waals surface area (Å²) in [7, 11) is 0. The molecule has 86 valence electrons. The molecule has 0 aliphatic rings. The highest BCUT2D eigenvalue weighted by atomic mass is 16.3. The molecule has 5 nitrogen and oxygen atoms in total. The number of nitrogens with zero attached hydrogens (tertiary/aromatic N) is 1. The number of hydrogen-bond acceptors (Lipinski definition) is 5. The van der Waals surface area contributed by atoms with Crippen molar-refractivity contribution < 1.29 is 15.0 Å². The van der Waals surface area contributed by atoms with Gasteiger partial charge in [0, 0.05) is 0 Å². The maximum absolute atomic E-state index is 9.99. The van der Waals surface area contributed by atoms with Crippen LogP contribution in [-0.4, -0.2) is 28.9 Å². The van der Waals surface area contributed by atoms with Gasteiger partial charge >= 0.3 is 0 Å². The van der Waals surface area contributed by atoms with Crippen molar-refractivity contribution >= 4 is 11.8 Å². The van der Waals surface area contributed by atoms with Gasteiger partial charge in [-0.15, -0.1) is 0 Å². The topological polar surface area (TPSA) is 95.9 Å². The van der Waals surface area contributed by atoms with Crippen LogP contribution in [0.15, 0.2) is 29.3 Å². The molecule has 5 heteroatoms. The predicted molar refractivity (Wildman–Crippen MR) is 58.9 cm³/mol. The van der Waals surface area contributed by atoms with Crippen LogP contribution in [0.3, 0.4) is 0 Å². The van der Waals surface area contributed by atoms with E-state index in [-0.39, 0.29) is 0 Å². The number of nitrogens with two attached hydrogens (primary N) is 1. The van der Waals surface area contributed by atoms with Gasteiger partial charge in [0.1, 0.15) is 6.10 Å². The number of hydrogen-bond donors (Lipinski definition) is 3. The maximum atomic E-state index is 9.99. The van der Waals surface area contributed by atoms with Crippen molar-refractivity contribution in [2.24, 2.45) is 10.7 Å². The van der Waals surface area contributed by atoms with E-state index in [4.69, 9.17) is 5.73 Å². The van der Waals surface area contributed by atoms with Crippen molar-refractivity contribution in [2.75, 3.05) is 6.54 Å². The molecule has 0 amide bonds. The molecule has 0 spiro atoms. The van der Waals surface area contributed by atoms with Crippen molar-refractivity contribution in [1.82, 2.24) is 0 Å². The third-order valence-corrected chi connectivity index (χ3v) is 2.24. The minimum Gasteiger partial charge on any atom is -0.390 e. The van der Waals surface area contributed by atoms with Gasteiger partial charge in [0.2, 0.25) is 6.08 Å². The normalized spacial score (nSPS) is 13.9. The maximum Gasteiger partial charge on any atom is 0.240 e. The first-order valence-corrected chi connectivity index (χ1v) is 4.93. The van der Waals surface area contributed by atoms with E-state index in [1.165, 1.54) is 6.08 Å². The van der Waals surface area contributed by atoms with Crippen LogP contribution in [-0.2, 0) is 4.79 Å². The zero-order valence-corrected chi connectivity index (χ0v) is 8.71. The van der Waals surface area contributed by atoms with Crippen molar-refractivity contribution in [1.29, 1.82) is 0 Å². The largest absolute Gasteiger partial charge is 0.390 e. The molecule has 2 atom stereocenters. The molecule has 0 aromatic heterocycles. The van der Waals surface area contributed by atoms with E-state index >= 15 is 0 Å². The van der Waals surface area contributed by atoms with Gasteiger partial charge in [-0.25, -0.2) is 4.79 Å². The van der Waals surface area contributed by atoms with Crippen LogP contribution < -0.4 is 5.73 Å². The van der Waals surface area contributed by atoms with Crippen molar-refractivity contribution in [3.63, 3.8) is 0 Å². The number of carbonyl (C=O) groups excluding carboxylic acids is 1. The second kappa shape index (κ2) is 6.15. The lowest BCUT2D eigenvalue weighted by molar-refractivity contribution is 0.0150. The van der Waals surface area contributed by atoms with Crippen molar-refractivity contribution in [3.8, 4) is 0 Å². The fourth-order valence-corrected chi connectivity index (χ4v) is 1.35. The number of aliphatic hydroxyl groups excluding tert-OH is 2. The lowest BCUT2D eigenvalue weighted by Crippen LogP contribution is -2.21. The van der Waals surface area contributed by atoms with Crippen LogP contribution in [0.25, 0.3) is 0 Å². The number of isocyanates is 1. The highest BCUT2D eigenvalue weighted by Crippen LogP contribution is 2.21. The van der Waals surface area contributed by atoms with Gasteiger partial charge in [0.05, 0.1) is 11.8 Å². The van der Waals surface area contributed by atoms with Gasteiger partial charge in [-0.3, -0.25) is 0 Å². The summed E-state index contributed by atoms with van der Waals surface area (Å²) < 4.78 is 0. The molecule has 0 aliphatic heterocycles. The average Bonchev–Trinajstić information content (AvgIpc) is 2.30. The highest BCUT2D eigenvalue weighted by molar-refractivity contribution is 5.49. The Morgan fingerprint density at radius 1 is 1.31 bits per heavy atom. The van der Waals surface area contributed by atoms with Crippen molar-refractivity contribution in [3.05, 3.63) is 29.8 Å². The standard InChI is InChI=1S/C11H14N2O3/c12-6-5-10(15)11(16)8-1-3-9(4-2-8)13-7-14/h1-4,10-11,15-16H,5-6,12H2. The van der Waals surface area contributed by atoms with E-state index in [2.05, 4.69) is 4.99 Å². The molecular formula is C11H14N2O3. The molecule has 0 bridgehead atoms. The van der Waals surface area contributed by atoms with Gasteiger partial charge in [-0.2, -0.15) is 4.99 Å². The van der Waals surface area contributed by atoms with E-state index in [0.29, 0.717) is 24.2 Å². The summed E-state index contributed by atoms with van der Waals surface area (Å²) in [4.78, 5) is 13.4. The summed E-state index contributed by atoms with van der Waals surface area (Å²) >= 11 is 0. The minimum atomic E-state index is -0.974. The summed E-state index contributed by atoms with van der Waals surface area (Å²) in [6, 6.07) is 6.33. The first-order valence-electron chi connectivity index (χ1n) is 4.93. The van der Waals surface area contributed by atoms with E-state index < -0.39 is 12.2 Å². The quantitative estimate of drug-likeness (QED) is 0.496. The number of rotatable bonds is 5. The van der Waals surface area contributed by atoms with Crippen LogP contribution in [0, 0.1) is 0 Å². The third kappa shape index (κ3) is 3.25. The Labute approximate surface area is 93.2 Å². The van der Waals surface area contributed by atoms with E-state index in [9.17, 15) is 15.0 Å². The first-order chi connectivity index (χ1) is 7.69. The fourth-order valence-electron chi connectivity index (χ4n) is 1.35. The summed E-state index contributed by atoms with van der Waals surface area (Å²) in [5, 5.41) is 19.3. The Kier molecular flexibility index (Phi) is 4.82. The molecule has 0 heterocycles. The van der Waals surface area contributed by atoms with Gasteiger partial charge in [-0.1, -0.05) is 12.1 Å². The van der Waals surface area contributed by atoms with Crippen LogP contribution in [0.4, 0.5) is 5.69 Å². The highest BCUT2D eigenvalue weighted by Gasteiger charge is 2.17. The molecule has 16 heavy (non-hydrogen) atoms. The summed E-state index contributed by atoms with van der Waals surface area (Å²) in [5.74, 6) is 0. The van der Waals surface area contributed by atoms with Crippen LogP contribution in [0.5, 0.6) is 0 Å². The Morgan fingerprint density at radius 3 is 2.44 bits per heavy atom. The molecule has 0 radical (unpaired) electrons. The van der Waals surface area contributed by atoms with Gasteiger partial charge in [0.15, 0.2) is 0 Å². The summed E-state index contributed by atoms with van der Waals surface area (Å²) in [5.41, 5.74) is 6.30. The molecule has 0 aliphatic carbocycles. The Bertz CT molecular complexity index is 371. The number of aliphatic hydroxyl groups is 2. The SMILES string of the molecule is NCCC(O)C(O)c1ccc(N=C=O)cc1. The first kappa shape index (κ1) is 12.5. The van der Waals surface area contributed by atoms with E-state index in [1.807, 2.05) is 0 Å². The van der Waals surface area contributed by atoms with Gasteiger partial charge in [0.25, 0.3) is 0 Å². The Morgan fingerprint density at radius 2 is 1.94 bits per heavy atom. The van der Waals surface area contributed by atoms with E-state index in [0.717, 1.165) is 0 Å². The molecule has 0 fully saturated rings. The molecule has 0 saturated heterocycles. The molecule has 1 aromatic rings. The number of benzene rings is 1. The number of aliphatic imine (C=N–C) groups is 1. The minimum absolute atomic E-state index is 0.311. The third-order valence-electron chi connectivity index (χ3n) is 2.24. The molecule has 4 N–H and O–H groups in total. The zero-order valence-electron chi connectivity index (χ0n) is 8.71. The monoisotopic (exact) mass is 222 g/mol. The Balaban J connectivity index is 2.76. The lowest BCUT2D eigenvalue weighted by Gasteiger charge is -2.17. The second-order valence-electron chi connectivity index (χ2n) is 3.38. The Hall–Kier alpha value is -1.52. The summed E-state index contributed by atoms with van der Waals surface area (Å²) in [6.07, 6.45) is -0.107. The molecule has 1 aromatic carbocycles. The molecular weight excluding hydrogens is 208 g/mol. The predicted octanol–water partition coefficient (Wildman–Crippen LogP) is 0.397. The van der Waals surface area contributed by atoms with Crippen LogP contribution >= 0.6 is 0 Å². The van der Waals surface area contributed by atoms with Crippen LogP contribution in [0.1, 0.15) is 18.1 Å². The molecule has 0 saturated carbocycles. The summed E-state index contributed by atoms with van der Waals surface area (Å²) in [6.45, 7) is 0.311. The van der Waals surface area contributed by atoms with Crippen molar-refractivity contribution in [2.45, 2.75) is 18.6 Å². The molecule has 1 rings (SSSR count). The molecule has 2 unspecified atom stereocenters. The lowest BCUT2D eigenvalue weighted by atomic mass is 10.0. The average molecular weight is 222 g/mol. The van der Waals surface area contributed by atoms with Gasteiger partial charge < -0.3 is 15.9 Å². The van der Waals surface area contributed by atoms with Gasteiger partial charge in [-0.05, 0) is 30.7 Å². The zero-order chi connectivity index (χ0) is 12.0. The van der Waals surface area contributed by atoms with Crippen LogP contribution in [0.2, 0.25) is 0 Å². The fraction of sp³-hybridized carbons (Fsp3) is 0.364.